The Balaban J connectivity index is 1.93. The summed E-state index contributed by atoms with van der Waals surface area (Å²) in [5.41, 5.74) is 3.09. The lowest BCUT2D eigenvalue weighted by atomic mass is 10.1. The smallest absolute Gasteiger partial charge is 0.165 e. The van der Waals surface area contributed by atoms with Crippen molar-refractivity contribution >= 4 is 11.5 Å². The molecule has 2 aromatic rings. The highest BCUT2D eigenvalue weighted by Crippen LogP contribution is 2.27. The van der Waals surface area contributed by atoms with E-state index >= 15 is 0 Å². The van der Waals surface area contributed by atoms with Crippen LogP contribution in [-0.2, 0) is 6.54 Å². The largest absolute Gasteiger partial charge is 0.365 e. The van der Waals surface area contributed by atoms with Crippen molar-refractivity contribution in [3.8, 4) is 0 Å². The molecule has 2 heterocycles. The summed E-state index contributed by atoms with van der Waals surface area (Å²) in [5, 5.41) is 0. The summed E-state index contributed by atoms with van der Waals surface area (Å²) in [6, 6.07) is 8.33. The molecule has 0 radical (unpaired) electrons. The van der Waals surface area contributed by atoms with Gasteiger partial charge in [-0.25, -0.2) is 4.98 Å². The molecule has 4 heteroatoms. The molecule has 0 atom stereocenters. The molecule has 0 amide bonds. The third kappa shape index (κ3) is 2.71. The van der Waals surface area contributed by atoms with E-state index in [1.165, 1.54) is 5.69 Å². The van der Waals surface area contributed by atoms with Gasteiger partial charge in [0.1, 0.15) is 0 Å². The number of fused-ring (bicyclic) bond motifs is 1. The fraction of sp³-hybridized carbons (Fsp3) is 0.412. The minimum atomic E-state index is 0.255. The third-order valence-corrected chi connectivity index (χ3v) is 4.03. The van der Waals surface area contributed by atoms with Crippen LogP contribution in [0.25, 0.3) is 0 Å². The molecule has 1 aliphatic heterocycles. The second-order valence-corrected chi connectivity index (χ2v) is 5.85. The highest BCUT2D eigenvalue weighted by Gasteiger charge is 2.21. The molecular formula is C17H21N3O. The van der Waals surface area contributed by atoms with Crippen LogP contribution < -0.4 is 4.90 Å². The Morgan fingerprint density at radius 2 is 2.10 bits per heavy atom. The van der Waals surface area contributed by atoms with Gasteiger partial charge in [0.05, 0.1) is 18.6 Å². The minimum absolute atomic E-state index is 0.255. The van der Waals surface area contributed by atoms with Crippen LogP contribution in [0.2, 0.25) is 0 Å². The van der Waals surface area contributed by atoms with E-state index in [9.17, 15) is 4.79 Å². The number of para-hydroxylation sites is 1. The second-order valence-electron chi connectivity index (χ2n) is 5.85. The quantitative estimate of drug-likeness (QED) is 0.866. The normalized spacial score (nSPS) is 15.2. The third-order valence-electron chi connectivity index (χ3n) is 4.03. The van der Waals surface area contributed by atoms with Crippen LogP contribution >= 0.6 is 0 Å². The first kappa shape index (κ1) is 13.9. The zero-order chi connectivity index (χ0) is 14.8. The molecule has 0 fully saturated rings. The van der Waals surface area contributed by atoms with Crippen LogP contribution in [0.5, 0.6) is 0 Å². The molecule has 0 aliphatic carbocycles. The fourth-order valence-electron chi connectivity index (χ4n) is 2.95. The Kier molecular flexibility index (Phi) is 3.78. The highest BCUT2D eigenvalue weighted by molar-refractivity contribution is 6.01. The molecule has 4 nitrogen and oxygen atoms in total. The molecule has 0 unspecified atom stereocenters. The van der Waals surface area contributed by atoms with Crippen molar-refractivity contribution in [2.75, 3.05) is 11.4 Å². The van der Waals surface area contributed by atoms with Crippen molar-refractivity contribution in [3.63, 3.8) is 0 Å². The maximum atomic E-state index is 12.2. The molecule has 0 N–H and O–H groups in total. The topological polar surface area (TPSA) is 38.1 Å². The number of hydrogen-bond acceptors (Lipinski definition) is 3. The van der Waals surface area contributed by atoms with Gasteiger partial charge in [-0.15, -0.1) is 0 Å². The number of carbonyl (C=O) groups excluding carboxylic acids is 1. The zero-order valence-corrected chi connectivity index (χ0v) is 12.6. The second kappa shape index (κ2) is 5.72. The maximum absolute atomic E-state index is 12.2. The van der Waals surface area contributed by atoms with Crippen molar-refractivity contribution in [2.45, 2.75) is 39.3 Å². The molecule has 110 valence electrons. The minimum Gasteiger partial charge on any atom is -0.365 e. The van der Waals surface area contributed by atoms with Gasteiger partial charge in [-0.1, -0.05) is 12.1 Å². The number of imidazole rings is 1. The molecule has 0 saturated carbocycles. The number of benzene rings is 1. The average Bonchev–Trinajstić information content (AvgIpc) is 2.88. The number of carbonyl (C=O) groups is 1. The van der Waals surface area contributed by atoms with Gasteiger partial charge in [0.25, 0.3) is 0 Å². The molecule has 21 heavy (non-hydrogen) atoms. The summed E-state index contributed by atoms with van der Waals surface area (Å²) in [7, 11) is 0. The van der Waals surface area contributed by atoms with E-state index in [-0.39, 0.29) is 5.78 Å². The number of Topliss-reactive ketones (excluding diaryl/α,β-unsaturated/α-hetero) is 1. The Labute approximate surface area is 125 Å². The van der Waals surface area contributed by atoms with E-state index in [1.54, 1.807) is 0 Å². The van der Waals surface area contributed by atoms with Gasteiger partial charge in [-0.3, -0.25) is 4.79 Å². The Bertz CT molecular complexity index is 645. The predicted molar refractivity (Wildman–Crippen MR) is 83.7 cm³/mol. The average molecular weight is 283 g/mol. The molecule has 0 bridgehead atoms. The van der Waals surface area contributed by atoms with Crippen molar-refractivity contribution < 1.29 is 4.79 Å². The van der Waals surface area contributed by atoms with Crippen molar-refractivity contribution in [2.24, 2.45) is 0 Å². The van der Waals surface area contributed by atoms with Gasteiger partial charge >= 0.3 is 0 Å². The standard InChI is InChI=1S/C17H21N3O/c1-13(2)20-12-18-10-14(20)11-19-9-5-8-17(21)15-6-3-4-7-16(15)19/h3-4,6-7,10,12-13H,5,8-9,11H2,1-2H3. The Hall–Kier alpha value is -2.10. The first-order valence-electron chi connectivity index (χ1n) is 7.54. The van der Waals surface area contributed by atoms with Crippen LogP contribution in [0.4, 0.5) is 5.69 Å². The van der Waals surface area contributed by atoms with Crippen LogP contribution in [0.3, 0.4) is 0 Å². The lowest BCUT2D eigenvalue weighted by Gasteiger charge is -2.25. The molecule has 1 aromatic heterocycles. The first-order valence-corrected chi connectivity index (χ1v) is 7.54. The maximum Gasteiger partial charge on any atom is 0.165 e. The van der Waals surface area contributed by atoms with Crippen LogP contribution in [0.15, 0.2) is 36.8 Å². The van der Waals surface area contributed by atoms with Crippen LogP contribution in [0, 0.1) is 0 Å². The molecule has 3 rings (SSSR count). The summed E-state index contributed by atoms with van der Waals surface area (Å²) in [5.74, 6) is 0.255. The highest BCUT2D eigenvalue weighted by atomic mass is 16.1. The fourth-order valence-corrected chi connectivity index (χ4v) is 2.95. The predicted octanol–water partition coefficient (Wildman–Crippen LogP) is 3.45. The number of anilines is 1. The SMILES string of the molecule is CC(C)n1cncc1CN1CCCC(=O)c2ccccc21. The van der Waals surface area contributed by atoms with Crippen molar-refractivity contribution in [1.29, 1.82) is 0 Å². The van der Waals surface area contributed by atoms with Gasteiger partial charge in [0.15, 0.2) is 5.78 Å². The van der Waals surface area contributed by atoms with Gasteiger partial charge in [-0.05, 0) is 32.4 Å². The van der Waals surface area contributed by atoms with Crippen LogP contribution in [-0.4, -0.2) is 21.9 Å². The summed E-state index contributed by atoms with van der Waals surface area (Å²) in [6.45, 7) is 6.02. The zero-order valence-electron chi connectivity index (χ0n) is 12.6. The lowest BCUT2D eigenvalue weighted by molar-refractivity contribution is 0.0984. The van der Waals surface area contributed by atoms with E-state index in [0.29, 0.717) is 12.5 Å². The first-order chi connectivity index (χ1) is 10.2. The van der Waals surface area contributed by atoms with Crippen molar-refractivity contribution in [1.82, 2.24) is 9.55 Å². The van der Waals surface area contributed by atoms with E-state index < -0.39 is 0 Å². The summed E-state index contributed by atoms with van der Waals surface area (Å²) in [6.07, 6.45) is 5.35. The summed E-state index contributed by atoms with van der Waals surface area (Å²) >= 11 is 0. The van der Waals surface area contributed by atoms with E-state index in [0.717, 1.165) is 30.8 Å². The van der Waals surface area contributed by atoms with E-state index in [4.69, 9.17) is 0 Å². The molecule has 1 aromatic carbocycles. The number of rotatable bonds is 3. The number of hydrogen-bond donors (Lipinski definition) is 0. The molecule has 0 spiro atoms. The molecule has 0 saturated heterocycles. The Morgan fingerprint density at radius 3 is 2.90 bits per heavy atom. The lowest BCUT2D eigenvalue weighted by Crippen LogP contribution is -2.25. The summed E-state index contributed by atoms with van der Waals surface area (Å²) < 4.78 is 2.19. The summed E-state index contributed by atoms with van der Waals surface area (Å²) in [4.78, 5) is 18.8. The van der Waals surface area contributed by atoms with Gasteiger partial charge in [-0.2, -0.15) is 0 Å². The Morgan fingerprint density at radius 1 is 1.29 bits per heavy atom. The number of ketones is 1. The van der Waals surface area contributed by atoms with Gasteiger partial charge in [0.2, 0.25) is 0 Å². The van der Waals surface area contributed by atoms with Gasteiger partial charge < -0.3 is 9.47 Å². The van der Waals surface area contributed by atoms with E-state index in [1.807, 2.05) is 30.7 Å². The monoisotopic (exact) mass is 283 g/mol. The van der Waals surface area contributed by atoms with Crippen LogP contribution in [0.1, 0.15) is 48.8 Å². The molecular weight excluding hydrogens is 262 g/mol. The number of nitrogens with zero attached hydrogens (tertiary/aromatic N) is 3. The van der Waals surface area contributed by atoms with Gasteiger partial charge in [0, 0.05) is 36.5 Å². The molecule has 1 aliphatic rings. The van der Waals surface area contributed by atoms with E-state index in [2.05, 4.69) is 34.4 Å². The number of aromatic nitrogens is 2. The van der Waals surface area contributed by atoms with Crippen molar-refractivity contribution in [3.05, 3.63) is 48.0 Å².